The summed E-state index contributed by atoms with van der Waals surface area (Å²) in [7, 11) is -0.560. The Labute approximate surface area is 121 Å². The van der Waals surface area contributed by atoms with Crippen LogP contribution in [0.1, 0.15) is 33.6 Å². The van der Waals surface area contributed by atoms with Gasteiger partial charge in [0.1, 0.15) is 11.8 Å². The zero-order valence-corrected chi connectivity index (χ0v) is 13.7. The molecule has 0 heterocycles. The van der Waals surface area contributed by atoms with E-state index in [1.807, 2.05) is 6.92 Å². The Morgan fingerprint density at radius 2 is 1.90 bits per heavy atom. The molecule has 0 rings (SSSR count). The molecule has 1 N–H and O–H groups in total. The maximum atomic E-state index is 11.7. The van der Waals surface area contributed by atoms with Crippen LogP contribution in [0.25, 0.3) is 0 Å². The Bertz CT molecular complexity index is 455. The number of hydrogen-bond acceptors (Lipinski definition) is 4. The van der Waals surface area contributed by atoms with Gasteiger partial charge in [-0.3, -0.25) is 9.04 Å². The summed E-state index contributed by atoms with van der Waals surface area (Å²) in [6, 6.07) is 0. The molecule has 0 bridgehead atoms. The molecule has 0 aliphatic carbocycles. The van der Waals surface area contributed by atoms with Gasteiger partial charge in [-0.2, -0.15) is 8.42 Å². The lowest BCUT2D eigenvalue weighted by atomic mass is 10.2. The first-order chi connectivity index (χ1) is 8.91. The fourth-order valence-corrected chi connectivity index (χ4v) is 2.47. The Balaban J connectivity index is 5.05. The van der Waals surface area contributed by atoms with Crippen LogP contribution in [0.4, 0.5) is 0 Å². The van der Waals surface area contributed by atoms with E-state index < -0.39 is 27.6 Å². The second-order valence-corrected chi connectivity index (χ2v) is 7.55. The Kier molecular flexibility index (Phi) is 6.86. The zero-order valence-electron chi connectivity index (χ0n) is 12.9. The molecule has 6 nitrogen and oxygen atoms in total. The highest BCUT2D eigenvalue weighted by Crippen LogP contribution is 2.18. The molecule has 0 aliphatic heterocycles. The second kappa shape index (κ2) is 7.19. The van der Waals surface area contributed by atoms with Crippen LogP contribution >= 0.6 is 0 Å². The summed E-state index contributed by atoms with van der Waals surface area (Å²) in [5.74, 6) is -0.492. The quantitative estimate of drug-likeness (QED) is 0.242. The molecule has 0 aliphatic rings. The average Bonchev–Trinajstić information content (AvgIpc) is 2.26. The molecule has 0 aromatic heterocycles. The van der Waals surface area contributed by atoms with E-state index >= 15 is 0 Å². The van der Waals surface area contributed by atoms with Gasteiger partial charge in [-0.1, -0.05) is 13.5 Å². The van der Waals surface area contributed by atoms with Gasteiger partial charge in [-0.05, 0) is 20.3 Å². The molecule has 20 heavy (non-hydrogen) atoms. The molecule has 0 spiro atoms. The van der Waals surface area contributed by atoms with Crippen molar-refractivity contribution in [1.29, 1.82) is 0 Å². The fourth-order valence-electron chi connectivity index (χ4n) is 1.90. The summed E-state index contributed by atoms with van der Waals surface area (Å²) < 4.78 is 36.9. The lowest BCUT2D eigenvalue weighted by Gasteiger charge is -2.38. The van der Waals surface area contributed by atoms with Crippen molar-refractivity contribution >= 4 is 16.1 Å². The zero-order chi connectivity index (χ0) is 16.1. The normalized spacial score (nSPS) is 15.5. The third-order valence-corrected chi connectivity index (χ3v) is 4.31. The predicted octanol–water partition coefficient (Wildman–Crippen LogP) is 1.58. The van der Waals surface area contributed by atoms with Crippen LogP contribution < -0.4 is 0 Å². The average molecular weight is 308 g/mol. The van der Waals surface area contributed by atoms with Gasteiger partial charge in [0.15, 0.2) is 0 Å². The van der Waals surface area contributed by atoms with Crippen molar-refractivity contribution in [2.24, 2.45) is 0 Å². The standard InChI is InChI=1S/C13H25NO5S/c1-7-8-12(19-13(15)10(2)3)14(5,6)9-11(4)20(16,17)18/h11-12H,2,7-9H2,1,3-6H3/p+1. The minimum absolute atomic E-state index is 0.146. The van der Waals surface area contributed by atoms with Gasteiger partial charge in [0.05, 0.1) is 14.1 Å². The molecule has 0 aromatic rings. The minimum atomic E-state index is -4.10. The van der Waals surface area contributed by atoms with Crippen LogP contribution in [0.15, 0.2) is 12.2 Å². The van der Waals surface area contributed by atoms with Crippen LogP contribution in [-0.4, -0.2) is 55.5 Å². The van der Waals surface area contributed by atoms with E-state index in [4.69, 9.17) is 9.29 Å². The third-order valence-electron chi connectivity index (χ3n) is 3.14. The lowest BCUT2D eigenvalue weighted by molar-refractivity contribution is -0.934. The van der Waals surface area contributed by atoms with Gasteiger partial charge < -0.3 is 4.74 Å². The highest BCUT2D eigenvalue weighted by molar-refractivity contribution is 7.86. The van der Waals surface area contributed by atoms with Crippen LogP contribution in [0, 0.1) is 0 Å². The molecular weight excluding hydrogens is 282 g/mol. The number of quaternary nitrogens is 1. The van der Waals surface area contributed by atoms with E-state index in [0.29, 0.717) is 12.0 Å². The molecule has 7 heteroatoms. The van der Waals surface area contributed by atoms with Crippen LogP contribution in [-0.2, 0) is 19.6 Å². The van der Waals surface area contributed by atoms with Gasteiger partial charge in [0.2, 0.25) is 6.23 Å². The van der Waals surface area contributed by atoms with Gasteiger partial charge >= 0.3 is 5.97 Å². The summed E-state index contributed by atoms with van der Waals surface area (Å²) in [6.07, 6.45) is 0.911. The van der Waals surface area contributed by atoms with Gasteiger partial charge in [-0.15, -0.1) is 0 Å². The summed E-state index contributed by atoms with van der Waals surface area (Å²) in [5, 5.41) is -0.930. The topological polar surface area (TPSA) is 80.7 Å². The van der Waals surface area contributed by atoms with Gasteiger partial charge in [-0.25, -0.2) is 4.79 Å². The molecule has 0 radical (unpaired) electrons. The fraction of sp³-hybridized carbons (Fsp3) is 0.769. The van der Waals surface area contributed by atoms with Crippen LogP contribution in [0.5, 0.6) is 0 Å². The van der Waals surface area contributed by atoms with Crippen molar-refractivity contribution in [3.8, 4) is 0 Å². The van der Waals surface area contributed by atoms with Crippen molar-refractivity contribution in [2.75, 3.05) is 20.6 Å². The Morgan fingerprint density at radius 3 is 2.25 bits per heavy atom. The monoisotopic (exact) mass is 308 g/mol. The number of rotatable bonds is 8. The summed E-state index contributed by atoms with van der Waals surface area (Å²) in [4.78, 5) is 11.7. The highest BCUT2D eigenvalue weighted by Gasteiger charge is 2.35. The molecule has 0 fully saturated rings. The lowest BCUT2D eigenvalue weighted by Crippen LogP contribution is -2.55. The van der Waals surface area contributed by atoms with E-state index in [2.05, 4.69) is 6.58 Å². The number of hydrogen-bond donors (Lipinski definition) is 1. The molecule has 0 aromatic carbocycles. The maximum Gasteiger partial charge on any atom is 0.337 e. The number of nitrogens with zero attached hydrogens (tertiary/aromatic N) is 1. The van der Waals surface area contributed by atoms with Crippen molar-refractivity contribution in [1.82, 2.24) is 0 Å². The predicted molar refractivity (Wildman–Crippen MR) is 77.6 cm³/mol. The summed E-state index contributed by atoms with van der Waals surface area (Å²) >= 11 is 0. The molecule has 2 atom stereocenters. The molecule has 2 unspecified atom stereocenters. The first-order valence-corrected chi connectivity index (χ1v) is 8.07. The van der Waals surface area contributed by atoms with E-state index in [-0.39, 0.29) is 11.0 Å². The maximum absolute atomic E-state index is 11.7. The van der Waals surface area contributed by atoms with E-state index in [1.54, 1.807) is 21.0 Å². The van der Waals surface area contributed by atoms with Gasteiger partial charge in [0.25, 0.3) is 10.1 Å². The number of ether oxygens (including phenoxy) is 1. The first-order valence-electron chi connectivity index (χ1n) is 6.57. The van der Waals surface area contributed by atoms with Crippen LogP contribution in [0.3, 0.4) is 0 Å². The third kappa shape index (κ3) is 6.02. The van der Waals surface area contributed by atoms with Crippen molar-refractivity contribution in [3.63, 3.8) is 0 Å². The first kappa shape index (κ1) is 19.1. The van der Waals surface area contributed by atoms with Gasteiger partial charge in [0, 0.05) is 12.0 Å². The minimum Gasteiger partial charge on any atom is -0.409 e. The Hall–Kier alpha value is -0.920. The van der Waals surface area contributed by atoms with Crippen LogP contribution in [0.2, 0.25) is 0 Å². The summed E-state index contributed by atoms with van der Waals surface area (Å²) in [6.45, 7) is 8.62. The van der Waals surface area contributed by atoms with E-state index in [1.165, 1.54) is 6.92 Å². The largest absolute Gasteiger partial charge is 0.409 e. The molecule has 0 saturated carbocycles. The van der Waals surface area contributed by atoms with Crippen molar-refractivity contribution < 1.29 is 27.0 Å². The van der Waals surface area contributed by atoms with E-state index in [9.17, 15) is 13.2 Å². The van der Waals surface area contributed by atoms with Crippen molar-refractivity contribution in [2.45, 2.75) is 45.1 Å². The molecule has 118 valence electrons. The number of carbonyl (C=O) groups is 1. The van der Waals surface area contributed by atoms with Crippen molar-refractivity contribution in [3.05, 3.63) is 12.2 Å². The summed E-state index contributed by atoms with van der Waals surface area (Å²) in [5.41, 5.74) is 0.300. The molecular formula is C13H26NO5S+. The molecule has 0 amide bonds. The number of esters is 1. The second-order valence-electron chi connectivity index (χ2n) is 5.72. The Morgan fingerprint density at radius 1 is 1.40 bits per heavy atom. The van der Waals surface area contributed by atoms with E-state index in [0.717, 1.165) is 6.42 Å². The SMILES string of the molecule is C=C(C)C(=O)OC(CCC)[N+](C)(C)CC(C)S(=O)(=O)O. The smallest absolute Gasteiger partial charge is 0.337 e. The number of carbonyl (C=O) groups excluding carboxylic acids is 1. The highest BCUT2D eigenvalue weighted by atomic mass is 32.2. The molecule has 0 saturated heterocycles.